The summed E-state index contributed by atoms with van der Waals surface area (Å²) < 4.78 is 7.24. The van der Waals surface area contributed by atoms with Crippen LogP contribution in [-0.4, -0.2) is 18.9 Å². The molecule has 53 heavy (non-hydrogen) atoms. The third-order valence-electron chi connectivity index (χ3n) is 11.4. The molecule has 0 unspecified atom stereocenters. The fourth-order valence-corrected chi connectivity index (χ4v) is 10.2. The van der Waals surface area contributed by atoms with Crippen molar-refractivity contribution in [2.24, 2.45) is 0 Å². The largest absolute Gasteiger partial charge is 0.308 e. The molecule has 13 aromatic rings. The number of para-hydroxylation sites is 2. The van der Waals surface area contributed by atoms with E-state index < -0.39 is 0 Å². The summed E-state index contributed by atoms with van der Waals surface area (Å²) in [5.41, 5.74) is 8.02. The molecular formula is C48H26N4S. The minimum atomic E-state index is 0.728. The third-order valence-corrected chi connectivity index (χ3v) is 12.5. The van der Waals surface area contributed by atoms with Crippen molar-refractivity contribution in [3.63, 3.8) is 0 Å². The van der Waals surface area contributed by atoms with Crippen molar-refractivity contribution in [3.05, 3.63) is 158 Å². The Morgan fingerprint density at radius 1 is 0.434 bits per heavy atom. The molecule has 5 aromatic heterocycles. The monoisotopic (exact) mass is 690 g/mol. The zero-order valence-electron chi connectivity index (χ0n) is 28.2. The van der Waals surface area contributed by atoms with Crippen LogP contribution >= 0.6 is 11.3 Å². The Morgan fingerprint density at radius 3 is 1.94 bits per heavy atom. The van der Waals surface area contributed by atoms with Gasteiger partial charge in [0.1, 0.15) is 0 Å². The first-order valence-electron chi connectivity index (χ1n) is 18.0. The van der Waals surface area contributed by atoms with E-state index in [1.54, 1.807) is 11.3 Å². The molecule has 0 bridgehead atoms. The van der Waals surface area contributed by atoms with Crippen molar-refractivity contribution in [2.45, 2.75) is 0 Å². The molecule has 0 aliphatic heterocycles. The Hall–Kier alpha value is -6.82. The molecule has 5 heterocycles. The molecular weight excluding hydrogens is 665 g/mol. The first-order chi connectivity index (χ1) is 26.3. The number of thiophene rings is 1. The van der Waals surface area contributed by atoms with Crippen molar-refractivity contribution in [1.29, 1.82) is 0 Å². The Kier molecular flexibility index (Phi) is 5.22. The number of hydrogen-bond donors (Lipinski definition) is 0. The number of nitrogens with zero attached hydrogens (tertiary/aromatic N) is 4. The summed E-state index contributed by atoms with van der Waals surface area (Å²) in [7, 11) is 0. The standard InChI is InChI=1S/C48H26N4S/c1-2-12-28-23-31(22-21-27(28)11-1)47-49-43-34-17-7-10-20-41(34)53-46(43)48(50-47)52-38-18-8-5-15-32(38)36-26-37-35-24-29-13-3-4-14-30(29)25-40(35)51-39-19-9-6-16-33(39)42(44(37)51)45(36)52/h1-26H. The van der Waals surface area contributed by atoms with E-state index in [0.717, 1.165) is 38.3 Å². The summed E-state index contributed by atoms with van der Waals surface area (Å²) in [5, 5.41) is 13.5. The van der Waals surface area contributed by atoms with Crippen LogP contribution in [0.1, 0.15) is 0 Å². The molecule has 0 N–H and O–H groups in total. The van der Waals surface area contributed by atoms with Crippen LogP contribution in [0.3, 0.4) is 0 Å². The van der Waals surface area contributed by atoms with E-state index in [0.29, 0.717) is 0 Å². The predicted molar refractivity (Wildman–Crippen MR) is 224 cm³/mol. The average molecular weight is 691 g/mol. The van der Waals surface area contributed by atoms with Crippen LogP contribution in [0.4, 0.5) is 0 Å². The number of hydrogen-bond acceptors (Lipinski definition) is 3. The SMILES string of the molecule is c1ccc2cc(-c3nc(-n4c5ccccc5c5cc6c7cc8ccccc8cc7n7c8ccccc8c(c54)c67)c4sc5ccccc5c4n3)ccc2c1. The van der Waals surface area contributed by atoms with Gasteiger partial charge in [-0.05, 0) is 64.0 Å². The molecule has 0 aliphatic carbocycles. The summed E-state index contributed by atoms with van der Waals surface area (Å²) in [4.78, 5) is 10.9. The maximum atomic E-state index is 5.58. The second-order valence-corrected chi connectivity index (χ2v) is 15.2. The molecule has 0 saturated carbocycles. The number of benzene rings is 8. The van der Waals surface area contributed by atoms with E-state index >= 15 is 0 Å². The minimum absolute atomic E-state index is 0.728. The van der Waals surface area contributed by atoms with Gasteiger partial charge in [-0.2, -0.15) is 0 Å². The van der Waals surface area contributed by atoms with Gasteiger partial charge >= 0.3 is 0 Å². The van der Waals surface area contributed by atoms with Gasteiger partial charge in [-0.1, -0.05) is 115 Å². The maximum Gasteiger partial charge on any atom is 0.162 e. The smallest absolute Gasteiger partial charge is 0.162 e. The molecule has 0 aliphatic rings. The number of fused-ring (bicyclic) bond motifs is 15. The van der Waals surface area contributed by atoms with Crippen LogP contribution in [-0.2, 0) is 0 Å². The van der Waals surface area contributed by atoms with Crippen molar-refractivity contribution < 1.29 is 0 Å². The van der Waals surface area contributed by atoms with Crippen LogP contribution in [0.25, 0.3) is 119 Å². The normalized spacial score (nSPS) is 12.5. The Balaban J connectivity index is 1.25. The van der Waals surface area contributed by atoms with Crippen LogP contribution < -0.4 is 0 Å². The molecule has 0 fully saturated rings. The maximum absolute atomic E-state index is 5.58. The van der Waals surface area contributed by atoms with Gasteiger partial charge in [0.15, 0.2) is 11.6 Å². The summed E-state index contributed by atoms with van der Waals surface area (Å²) in [5.74, 6) is 1.64. The van der Waals surface area contributed by atoms with Crippen molar-refractivity contribution >= 4 is 113 Å². The van der Waals surface area contributed by atoms with Gasteiger partial charge in [0, 0.05) is 48.0 Å². The summed E-state index contributed by atoms with van der Waals surface area (Å²) in [6.45, 7) is 0. The van der Waals surface area contributed by atoms with Crippen LogP contribution in [0.15, 0.2) is 158 Å². The highest BCUT2D eigenvalue weighted by molar-refractivity contribution is 7.26. The van der Waals surface area contributed by atoms with E-state index in [4.69, 9.17) is 9.97 Å². The quantitative estimate of drug-likeness (QED) is 0.181. The summed E-state index contributed by atoms with van der Waals surface area (Å²) in [6, 6.07) is 57.3. The predicted octanol–water partition coefficient (Wildman–Crippen LogP) is 13.1. The van der Waals surface area contributed by atoms with Gasteiger partial charge in [-0.15, -0.1) is 11.3 Å². The fourth-order valence-electron chi connectivity index (χ4n) is 9.09. The van der Waals surface area contributed by atoms with E-state index in [1.807, 2.05) is 0 Å². The molecule has 13 rings (SSSR count). The minimum Gasteiger partial charge on any atom is -0.308 e. The topological polar surface area (TPSA) is 35.1 Å². The van der Waals surface area contributed by atoms with Gasteiger partial charge in [-0.25, -0.2) is 9.97 Å². The number of aromatic nitrogens is 4. The van der Waals surface area contributed by atoms with Crippen LogP contribution in [0.5, 0.6) is 0 Å². The first kappa shape index (κ1) is 27.8. The summed E-state index contributed by atoms with van der Waals surface area (Å²) in [6.07, 6.45) is 0. The molecule has 4 nitrogen and oxygen atoms in total. The van der Waals surface area contributed by atoms with Crippen LogP contribution in [0, 0.1) is 0 Å². The van der Waals surface area contributed by atoms with E-state index in [1.165, 1.54) is 80.6 Å². The third kappa shape index (κ3) is 3.59. The lowest BCUT2D eigenvalue weighted by Gasteiger charge is -2.12. The highest BCUT2D eigenvalue weighted by Crippen LogP contribution is 2.48. The molecule has 0 radical (unpaired) electrons. The second-order valence-electron chi connectivity index (χ2n) is 14.2. The van der Waals surface area contributed by atoms with Crippen LogP contribution in [0.2, 0.25) is 0 Å². The lowest BCUT2D eigenvalue weighted by Crippen LogP contribution is -2.01. The lowest BCUT2D eigenvalue weighted by atomic mass is 10.0. The average Bonchev–Trinajstić information content (AvgIpc) is 3.95. The first-order valence-corrected chi connectivity index (χ1v) is 18.8. The molecule has 5 heteroatoms. The zero-order chi connectivity index (χ0) is 34.4. The van der Waals surface area contributed by atoms with E-state index in [2.05, 4.69) is 167 Å². The highest BCUT2D eigenvalue weighted by Gasteiger charge is 2.27. The van der Waals surface area contributed by atoms with Gasteiger partial charge in [0.2, 0.25) is 0 Å². The molecule has 0 amide bonds. The Labute approximate surface area is 305 Å². The molecule has 0 spiro atoms. The van der Waals surface area contributed by atoms with Gasteiger partial charge < -0.3 is 4.40 Å². The van der Waals surface area contributed by atoms with Gasteiger partial charge in [0.25, 0.3) is 0 Å². The Bertz CT molecular complexity index is 3700. The Morgan fingerprint density at radius 2 is 1.09 bits per heavy atom. The second kappa shape index (κ2) is 9.94. The zero-order valence-corrected chi connectivity index (χ0v) is 29.0. The van der Waals surface area contributed by atoms with Crippen molar-refractivity contribution in [3.8, 4) is 17.2 Å². The highest BCUT2D eigenvalue weighted by atomic mass is 32.1. The fraction of sp³-hybridized carbons (Fsp3) is 0. The number of rotatable bonds is 2. The summed E-state index contributed by atoms with van der Waals surface area (Å²) >= 11 is 1.78. The van der Waals surface area contributed by atoms with E-state index in [-0.39, 0.29) is 0 Å². The van der Waals surface area contributed by atoms with Gasteiger partial charge in [-0.3, -0.25) is 4.57 Å². The molecule has 0 atom stereocenters. The molecule has 244 valence electrons. The van der Waals surface area contributed by atoms with Gasteiger partial charge in [0.05, 0.1) is 37.8 Å². The van der Waals surface area contributed by atoms with E-state index in [9.17, 15) is 0 Å². The lowest BCUT2D eigenvalue weighted by molar-refractivity contribution is 1.09. The van der Waals surface area contributed by atoms with Crippen molar-refractivity contribution in [1.82, 2.24) is 18.9 Å². The van der Waals surface area contributed by atoms with Crippen molar-refractivity contribution in [2.75, 3.05) is 0 Å². The molecule has 8 aromatic carbocycles. The molecule has 0 saturated heterocycles.